The summed E-state index contributed by atoms with van der Waals surface area (Å²) in [5.41, 5.74) is 0.255. The van der Waals surface area contributed by atoms with Crippen LogP contribution in [0.25, 0.3) is 0 Å². The average molecular weight is 196 g/mol. The minimum atomic E-state index is -0.855. The Morgan fingerprint density at radius 2 is 2.36 bits per heavy atom. The van der Waals surface area contributed by atoms with Gasteiger partial charge in [-0.3, -0.25) is 4.79 Å². The van der Waals surface area contributed by atoms with Crippen molar-refractivity contribution in [1.82, 2.24) is 10.3 Å². The minimum absolute atomic E-state index is 0.653. The van der Waals surface area contributed by atoms with E-state index in [1.54, 1.807) is 13.8 Å². The molecule has 0 bridgehead atoms. The summed E-state index contributed by atoms with van der Waals surface area (Å²) in [4.78, 5) is 13.8. The lowest BCUT2D eigenvalue weighted by atomic mass is 10.1. The van der Waals surface area contributed by atoms with Gasteiger partial charge in [-0.25, -0.2) is 0 Å². The van der Waals surface area contributed by atoms with E-state index in [-0.39, 0.29) is 0 Å². The number of hydrogen-bond acceptors (Lipinski definition) is 2. The normalized spacial score (nSPS) is 11.6. The lowest BCUT2D eigenvalue weighted by Gasteiger charge is -2.20. The van der Waals surface area contributed by atoms with Crippen LogP contribution in [0.4, 0.5) is 0 Å². The third kappa shape index (κ3) is 2.88. The maximum Gasteiger partial charge on any atom is 0.323 e. The molecule has 0 fully saturated rings. The molecule has 0 aliphatic heterocycles. The molecule has 0 aliphatic rings. The van der Waals surface area contributed by atoms with Gasteiger partial charge in [0.15, 0.2) is 0 Å². The fraction of sp³-hybridized carbons (Fsp3) is 0.500. The molecule has 0 saturated heterocycles. The van der Waals surface area contributed by atoms with Crippen molar-refractivity contribution in [3.63, 3.8) is 0 Å². The first-order chi connectivity index (χ1) is 6.52. The fourth-order valence-electron chi connectivity index (χ4n) is 1.11. The van der Waals surface area contributed by atoms with Crippen LogP contribution in [0.5, 0.6) is 0 Å². The predicted molar refractivity (Wildman–Crippen MR) is 54.2 cm³/mol. The molecule has 0 amide bonds. The van der Waals surface area contributed by atoms with Crippen LogP contribution in [0.2, 0.25) is 0 Å². The van der Waals surface area contributed by atoms with Gasteiger partial charge in [-0.05, 0) is 32.4 Å². The van der Waals surface area contributed by atoms with Gasteiger partial charge in [-0.1, -0.05) is 0 Å². The highest BCUT2D eigenvalue weighted by Gasteiger charge is 2.25. The molecule has 0 spiro atoms. The van der Waals surface area contributed by atoms with Gasteiger partial charge < -0.3 is 15.4 Å². The largest absolute Gasteiger partial charge is 0.480 e. The minimum Gasteiger partial charge on any atom is -0.480 e. The van der Waals surface area contributed by atoms with Crippen molar-refractivity contribution in [3.8, 4) is 0 Å². The molecule has 14 heavy (non-hydrogen) atoms. The van der Waals surface area contributed by atoms with E-state index in [1.807, 2.05) is 18.3 Å². The Bertz CT molecular complexity index is 291. The summed E-state index contributed by atoms with van der Waals surface area (Å²) in [5, 5.41) is 11.8. The monoisotopic (exact) mass is 196 g/mol. The van der Waals surface area contributed by atoms with E-state index in [9.17, 15) is 4.79 Å². The number of aliphatic carboxylic acids is 1. The molecule has 4 nitrogen and oxygen atoms in total. The summed E-state index contributed by atoms with van der Waals surface area (Å²) in [6.07, 6.45) is 2.67. The van der Waals surface area contributed by atoms with Gasteiger partial charge in [0.05, 0.1) is 0 Å². The first-order valence-electron chi connectivity index (χ1n) is 4.63. The fourth-order valence-corrected chi connectivity index (χ4v) is 1.11. The molecule has 0 saturated carbocycles. The van der Waals surface area contributed by atoms with E-state index < -0.39 is 11.5 Å². The molecule has 1 aromatic heterocycles. The molecule has 0 radical (unpaired) electrons. The van der Waals surface area contributed by atoms with E-state index in [1.165, 1.54) is 0 Å². The number of aromatic amines is 1. The predicted octanol–water partition coefficient (Wildman–Crippen LogP) is 1.01. The molecule has 0 unspecified atom stereocenters. The van der Waals surface area contributed by atoms with Gasteiger partial charge >= 0.3 is 5.97 Å². The molecule has 0 atom stereocenters. The summed E-state index contributed by atoms with van der Waals surface area (Å²) in [6, 6.07) is 3.91. The molecule has 0 aromatic carbocycles. The van der Waals surface area contributed by atoms with Crippen LogP contribution < -0.4 is 5.32 Å². The van der Waals surface area contributed by atoms with E-state index in [0.29, 0.717) is 6.54 Å². The van der Waals surface area contributed by atoms with Crippen LogP contribution in [0.15, 0.2) is 18.3 Å². The second kappa shape index (κ2) is 4.28. The quantitative estimate of drug-likeness (QED) is 0.658. The number of carboxylic acids is 1. The van der Waals surface area contributed by atoms with Crippen molar-refractivity contribution in [1.29, 1.82) is 0 Å². The lowest BCUT2D eigenvalue weighted by molar-refractivity contribution is -0.143. The molecular formula is C10H16N2O2. The highest BCUT2D eigenvalue weighted by Crippen LogP contribution is 2.02. The molecule has 1 aromatic rings. The van der Waals surface area contributed by atoms with E-state index in [4.69, 9.17) is 5.11 Å². The number of nitrogens with one attached hydrogen (secondary N) is 2. The molecule has 1 rings (SSSR count). The van der Waals surface area contributed by atoms with Crippen LogP contribution >= 0.6 is 0 Å². The van der Waals surface area contributed by atoms with Crippen LogP contribution in [-0.2, 0) is 11.2 Å². The molecule has 1 heterocycles. The SMILES string of the molecule is CC(C)(NCCc1ccc[nH]1)C(=O)O. The number of carbonyl (C=O) groups is 1. The van der Waals surface area contributed by atoms with Gasteiger partial charge in [0.2, 0.25) is 0 Å². The van der Waals surface area contributed by atoms with Crippen LogP contribution in [0.3, 0.4) is 0 Å². The van der Waals surface area contributed by atoms with Crippen LogP contribution in [-0.4, -0.2) is 28.1 Å². The van der Waals surface area contributed by atoms with E-state index >= 15 is 0 Å². The summed E-state index contributed by atoms with van der Waals surface area (Å²) < 4.78 is 0. The van der Waals surface area contributed by atoms with E-state index in [2.05, 4.69) is 10.3 Å². The second-order valence-electron chi connectivity index (χ2n) is 3.80. The third-order valence-electron chi connectivity index (χ3n) is 2.16. The summed E-state index contributed by atoms with van der Waals surface area (Å²) in [5.74, 6) is -0.830. The molecule has 0 aliphatic carbocycles. The van der Waals surface area contributed by atoms with Crippen molar-refractivity contribution in [2.75, 3.05) is 6.54 Å². The van der Waals surface area contributed by atoms with Crippen molar-refractivity contribution in [3.05, 3.63) is 24.0 Å². The van der Waals surface area contributed by atoms with Crippen molar-refractivity contribution in [2.45, 2.75) is 25.8 Å². The number of aromatic nitrogens is 1. The Kier molecular flexibility index (Phi) is 3.30. The Labute approximate surface area is 83.3 Å². The maximum absolute atomic E-state index is 10.7. The lowest BCUT2D eigenvalue weighted by Crippen LogP contribution is -2.47. The Balaban J connectivity index is 2.31. The van der Waals surface area contributed by atoms with Crippen LogP contribution in [0.1, 0.15) is 19.5 Å². The summed E-state index contributed by atoms with van der Waals surface area (Å²) in [7, 11) is 0. The molecule has 4 heteroatoms. The standard InChI is InChI=1S/C10H16N2O2/c1-10(2,9(13)14)12-7-5-8-4-3-6-11-8/h3-4,6,11-12H,5,7H2,1-2H3,(H,13,14). The Morgan fingerprint density at radius 1 is 1.64 bits per heavy atom. The summed E-state index contributed by atoms with van der Waals surface area (Å²) >= 11 is 0. The summed E-state index contributed by atoms with van der Waals surface area (Å²) in [6.45, 7) is 3.97. The van der Waals surface area contributed by atoms with Gasteiger partial charge in [-0.15, -0.1) is 0 Å². The molecular weight excluding hydrogens is 180 g/mol. The maximum atomic E-state index is 10.7. The first kappa shape index (κ1) is 10.8. The zero-order valence-electron chi connectivity index (χ0n) is 8.50. The van der Waals surface area contributed by atoms with Gasteiger partial charge in [0.1, 0.15) is 5.54 Å². The molecule has 78 valence electrons. The van der Waals surface area contributed by atoms with Gasteiger partial charge in [0.25, 0.3) is 0 Å². The van der Waals surface area contributed by atoms with Gasteiger partial charge in [0, 0.05) is 18.4 Å². The Hall–Kier alpha value is -1.29. The number of H-pyrrole nitrogens is 1. The number of carboxylic acid groups (broad SMARTS) is 1. The topological polar surface area (TPSA) is 65.1 Å². The zero-order chi connectivity index (χ0) is 10.6. The number of hydrogen-bond donors (Lipinski definition) is 3. The van der Waals surface area contributed by atoms with Crippen molar-refractivity contribution in [2.24, 2.45) is 0 Å². The number of rotatable bonds is 5. The highest BCUT2D eigenvalue weighted by atomic mass is 16.4. The zero-order valence-corrected chi connectivity index (χ0v) is 8.50. The van der Waals surface area contributed by atoms with Crippen molar-refractivity contribution < 1.29 is 9.90 Å². The highest BCUT2D eigenvalue weighted by molar-refractivity contribution is 5.77. The Morgan fingerprint density at radius 3 is 2.86 bits per heavy atom. The second-order valence-corrected chi connectivity index (χ2v) is 3.80. The average Bonchev–Trinajstić information content (AvgIpc) is 2.56. The molecule has 3 N–H and O–H groups in total. The van der Waals surface area contributed by atoms with Gasteiger partial charge in [-0.2, -0.15) is 0 Å². The smallest absolute Gasteiger partial charge is 0.323 e. The van der Waals surface area contributed by atoms with Crippen molar-refractivity contribution >= 4 is 5.97 Å². The first-order valence-corrected chi connectivity index (χ1v) is 4.63. The van der Waals surface area contributed by atoms with Crippen LogP contribution in [0, 0.1) is 0 Å². The van der Waals surface area contributed by atoms with E-state index in [0.717, 1.165) is 12.1 Å². The third-order valence-corrected chi connectivity index (χ3v) is 2.16.